The topological polar surface area (TPSA) is 56.4 Å². The molecular weight excluding hydrogens is 461 g/mol. The fourth-order valence-electron chi connectivity index (χ4n) is 3.08. The SMILES string of the molecule is Cc1ccc(C)n1S(=O)(=O)c1ccc(-c2nn3ccccc3c2I)cc1. The lowest BCUT2D eigenvalue weighted by Gasteiger charge is -2.11. The Balaban J connectivity index is 1.78. The number of benzene rings is 1. The highest BCUT2D eigenvalue weighted by molar-refractivity contribution is 14.1. The van der Waals surface area contributed by atoms with Crippen molar-refractivity contribution in [1.82, 2.24) is 13.6 Å². The van der Waals surface area contributed by atoms with E-state index < -0.39 is 10.0 Å². The second-order valence-corrected chi connectivity index (χ2v) is 8.97. The molecule has 0 saturated heterocycles. The quantitative estimate of drug-likeness (QED) is 0.415. The zero-order valence-corrected chi connectivity index (χ0v) is 17.2. The van der Waals surface area contributed by atoms with Gasteiger partial charge in [0.15, 0.2) is 0 Å². The summed E-state index contributed by atoms with van der Waals surface area (Å²) < 4.78 is 30.1. The average Bonchev–Trinajstić information content (AvgIpc) is 3.15. The van der Waals surface area contributed by atoms with E-state index in [0.717, 1.165) is 20.3 Å². The normalized spacial score (nSPS) is 12.0. The lowest BCUT2D eigenvalue weighted by molar-refractivity contribution is 0.585. The molecule has 4 aromatic rings. The van der Waals surface area contributed by atoms with Gasteiger partial charge >= 0.3 is 0 Å². The third-order valence-electron chi connectivity index (χ3n) is 4.35. The highest BCUT2D eigenvalue weighted by atomic mass is 127. The highest BCUT2D eigenvalue weighted by Gasteiger charge is 2.21. The van der Waals surface area contributed by atoms with Crippen LogP contribution >= 0.6 is 22.6 Å². The van der Waals surface area contributed by atoms with Gasteiger partial charge in [-0.3, -0.25) is 0 Å². The maximum atomic E-state index is 12.9. The Kier molecular flexibility index (Phi) is 4.15. The third kappa shape index (κ3) is 2.66. The molecule has 5 nitrogen and oxygen atoms in total. The van der Waals surface area contributed by atoms with Crippen molar-refractivity contribution in [3.8, 4) is 11.3 Å². The van der Waals surface area contributed by atoms with E-state index >= 15 is 0 Å². The van der Waals surface area contributed by atoms with Crippen LogP contribution in [0.3, 0.4) is 0 Å². The molecule has 0 aliphatic heterocycles. The molecule has 3 aromatic heterocycles. The molecule has 0 spiro atoms. The largest absolute Gasteiger partial charge is 0.268 e. The molecule has 0 saturated carbocycles. The van der Waals surface area contributed by atoms with E-state index in [4.69, 9.17) is 0 Å². The number of nitrogens with zero attached hydrogens (tertiary/aromatic N) is 3. The van der Waals surface area contributed by atoms with E-state index in [-0.39, 0.29) is 4.90 Å². The van der Waals surface area contributed by atoms with Crippen LogP contribution < -0.4 is 0 Å². The molecule has 0 bridgehead atoms. The third-order valence-corrected chi connectivity index (χ3v) is 7.34. The predicted molar refractivity (Wildman–Crippen MR) is 110 cm³/mol. The molecule has 0 amide bonds. The van der Waals surface area contributed by atoms with Crippen LogP contribution in [0.15, 0.2) is 65.7 Å². The summed E-state index contributed by atoms with van der Waals surface area (Å²) in [6, 6.07) is 16.4. The van der Waals surface area contributed by atoms with Gasteiger partial charge in [-0.05, 0) is 72.8 Å². The standard InChI is InChI=1S/C19H16IN3O2S/c1-13-6-7-14(2)23(13)26(24,25)16-10-8-15(9-11-16)19-18(20)17-5-3-4-12-22(17)21-19/h3-12H,1-2H3. The summed E-state index contributed by atoms with van der Waals surface area (Å²) >= 11 is 2.27. The minimum atomic E-state index is -3.60. The predicted octanol–water partition coefficient (Wildman–Crippen LogP) is 4.26. The van der Waals surface area contributed by atoms with Crippen molar-refractivity contribution in [2.75, 3.05) is 0 Å². The lowest BCUT2D eigenvalue weighted by Crippen LogP contribution is -2.15. The summed E-state index contributed by atoms with van der Waals surface area (Å²) in [5.41, 5.74) is 4.15. The van der Waals surface area contributed by atoms with Crippen molar-refractivity contribution in [3.05, 3.63) is 75.8 Å². The Labute approximate surface area is 165 Å². The summed E-state index contributed by atoms with van der Waals surface area (Å²) in [6.07, 6.45) is 1.90. The van der Waals surface area contributed by atoms with Crippen molar-refractivity contribution in [1.29, 1.82) is 0 Å². The van der Waals surface area contributed by atoms with Gasteiger partial charge in [0.05, 0.1) is 14.0 Å². The van der Waals surface area contributed by atoms with Gasteiger partial charge in [-0.1, -0.05) is 18.2 Å². The first-order valence-electron chi connectivity index (χ1n) is 8.03. The molecule has 3 heterocycles. The van der Waals surface area contributed by atoms with Gasteiger partial charge in [0.1, 0.15) is 5.69 Å². The molecular formula is C19H16IN3O2S. The van der Waals surface area contributed by atoms with Crippen molar-refractivity contribution in [2.24, 2.45) is 0 Å². The highest BCUT2D eigenvalue weighted by Crippen LogP contribution is 2.29. The minimum absolute atomic E-state index is 0.266. The van der Waals surface area contributed by atoms with Crippen LogP contribution in [0.1, 0.15) is 11.4 Å². The number of hydrogen-bond acceptors (Lipinski definition) is 3. The maximum absolute atomic E-state index is 12.9. The molecule has 0 radical (unpaired) electrons. The molecule has 26 heavy (non-hydrogen) atoms. The molecule has 0 atom stereocenters. The fourth-order valence-corrected chi connectivity index (χ4v) is 5.49. The molecule has 132 valence electrons. The zero-order valence-electron chi connectivity index (χ0n) is 14.2. The molecule has 0 aliphatic carbocycles. The first-order chi connectivity index (χ1) is 12.4. The first kappa shape index (κ1) is 17.3. The number of aromatic nitrogens is 3. The second kappa shape index (κ2) is 6.24. The van der Waals surface area contributed by atoms with Crippen molar-refractivity contribution in [2.45, 2.75) is 18.7 Å². The first-order valence-corrected chi connectivity index (χ1v) is 10.6. The number of rotatable bonds is 3. The minimum Gasteiger partial charge on any atom is -0.243 e. The van der Waals surface area contributed by atoms with E-state index in [2.05, 4.69) is 27.7 Å². The molecule has 0 unspecified atom stereocenters. The van der Waals surface area contributed by atoms with E-state index in [0.29, 0.717) is 11.4 Å². The monoisotopic (exact) mass is 477 g/mol. The van der Waals surface area contributed by atoms with Crippen LogP contribution in [0.2, 0.25) is 0 Å². The van der Waals surface area contributed by atoms with Crippen LogP contribution in [0.5, 0.6) is 0 Å². The van der Waals surface area contributed by atoms with Crippen molar-refractivity contribution in [3.63, 3.8) is 0 Å². The van der Waals surface area contributed by atoms with Gasteiger partial charge in [-0.25, -0.2) is 16.9 Å². The van der Waals surface area contributed by atoms with Crippen LogP contribution in [-0.2, 0) is 10.0 Å². The van der Waals surface area contributed by atoms with E-state index in [1.165, 1.54) is 3.97 Å². The second-order valence-electron chi connectivity index (χ2n) is 6.10. The average molecular weight is 477 g/mol. The van der Waals surface area contributed by atoms with E-state index in [1.54, 1.807) is 38.1 Å². The number of halogens is 1. The Morgan fingerprint density at radius 1 is 0.923 bits per heavy atom. The summed E-state index contributed by atoms with van der Waals surface area (Å²) in [5, 5.41) is 4.61. The molecule has 0 N–H and O–H groups in total. The van der Waals surface area contributed by atoms with Gasteiger partial charge < -0.3 is 0 Å². The molecule has 0 fully saturated rings. The van der Waals surface area contributed by atoms with Crippen LogP contribution in [0.4, 0.5) is 0 Å². The van der Waals surface area contributed by atoms with Gasteiger partial charge in [-0.15, -0.1) is 0 Å². The van der Waals surface area contributed by atoms with Crippen LogP contribution in [-0.4, -0.2) is 22.0 Å². The number of pyridine rings is 1. The molecule has 1 aromatic carbocycles. The summed E-state index contributed by atoms with van der Waals surface area (Å²) in [4.78, 5) is 0.266. The van der Waals surface area contributed by atoms with Gasteiger partial charge in [-0.2, -0.15) is 5.10 Å². The molecule has 7 heteroatoms. The van der Waals surface area contributed by atoms with Gasteiger partial charge in [0, 0.05) is 23.1 Å². The smallest absolute Gasteiger partial charge is 0.243 e. The van der Waals surface area contributed by atoms with Gasteiger partial charge in [0.25, 0.3) is 10.0 Å². The van der Waals surface area contributed by atoms with Crippen molar-refractivity contribution < 1.29 is 8.42 Å². The Morgan fingerprint density at radius 2 is 1.58 bits per heavy atom. The number of fused-ring (bicyclic) bond motifs is 1. The van der Waals surface area contributed by atoms with Crippen molar-refractivity contribution >= 4 is 38.1 Å². The Bertz CT molecular complexity index is 1200. The Hall–Kier alpha value is -2.13. The lowest BCUT2D eigenvalue weighted by atomic mass is 10.1. The van der Waals surface area contributed by atoms with Gasteiger partial charge in [0.2, 0.25) is 0 Å². The Morgan fingerprint density at radius 3 is 2.19 bits per heavy atom. The van der Waals surface area contributed by atoms with Crippen LogP contribution in [0.25, 0.3) is 16.8 Å². The summed E-state index contributed by atoms with van der Waals surface area (Å²) in [7, 11) is -3.60. The maximum Gasteiger partial charge on any atom is 0.268 e. The zero-order chi connectivity index (χ0) is 18.5. The molecule has 0 aliphatic rings. The van der Waals surface area contributed by atoms with E-state index in [9.17, 15) is 8.42 Å². The number of hydrogen-bond donors (Lipinski definition) is 0. The molecule has 4 rings (SSSR count). The summed E-state index contributed by atoms with van der Waals surface area (Å²) in [5.74, 6) is 0. The fraction of sp³-hybridized carbons (Fsp3) is 0.105. The van der Waals surface area contributed by atoms with E-state index in [1.807, 2.05) is 41.0 Å². The number of aryl methyl sites for hydroxylation is 2. The summed E-state index contributed by atoms with van der Waals surface area (Å²) in [6.45, 7) is 3.58. The van der Waals surface area contributed by atoms with Crippen LogP contribution in [0, 0.1) is 17.4 Å².